The lowest BCUT2D eigenvalue weighted by atomic mass is 10.2. The highest BCUT2D eigenvalue weighted by molar-refractivity contribution is 5.74. The van der Waals surface area contributed by atoms with Crippen molar-refractivity contribution in [2.45, 2.75) is 66.5 Å². The predicted octanol–water partition coefficient (Wildman–Crippen LogP) is 3.19. The van der Waals surface area contributed by atoms with Gasteiger partial charge in [0.15, 0.2) is 11.2 Å². The van der Waals surface area contributed by atoms with E-state index < -0.39 is 11.2 Å². The summed E-state index contributed by atoms with van der Waals surface area (Å²) in [4.78, 5) is 44.5. The number of hydrogen-bond acceptors (Lipinski definition) is 5. The van der Waals surface area contributed by atoms with Gasteiger partial charge in [-0.05, 0) is 37.0 Å². The maximum atomic E-state index is 12.6. The van der Waals surface area contributed by atoms with Crippen LogP contribution in [0.3, 0.4) is 0 Å². The molecular formula is C23H30N4O4. The molecule has 1 aromatic carbocycles. The summed E-state index contributed by atoms with van der Waals surface area (Å²) in [6.45, 7) is 9.10. The molecule has 0 atom stereocenters. The fourth-order valence-corrected chi connectivity index (χ4v) is 3.57. The molecular weight excluding hydrogens is 396 g/mol. The Morgan fingerprint density at radius 3 is 2.68 bits per heavy atom. The summed E-state index contributed by atoms with van der Waals surface area (Å²) in [6, 6.07) is 7.31. The molecule has 2 aromatic heterocycles. The van der Waals surface area contributed by atoms with Crippen LogP contribution < -0.4 is 16.0 Å². The Bertz CT molecular complexity index is 1190. The molecule has 0 unspecified atom stereocenters. The molecule has 8 heteroatoms. The molecule has 0 spiro atoms. The van der Waals surface area contributed by atoms with Gasteiger partial charge in [0.05, 0.1) is 6.42 Å². The molecule has 0 bridgehead atoms. The van der Waals surface area contributed by atoms with E-state index in [1.54, 1.807) is 12.1 Å². The number of aromatic amines is 1. The van der Waals surface area contributed by atoms with Crippen LogP contribution in [-0.4, -0.2) is 25.1 Å². The van der Waals surface area contributed by atoms with Crippen LogP contribution in [0.4, 0.5) is 0 Å². The first-order valence-electron chi connectivity index (χ1n) is 10.8. The van der Waals surface area contributed by atoms with Crippen LogP contribution in [0.1, 0.15) is 51.4 Å². The fraction of sp³-hybridized carbons (Fsp3) is 0.478. The molecule has 166 valence electrons. The molecule has 3 aromatic rings. The second kappa shape index (κ2) is 9.76. The van der Waals surface area contributed by atoms with Crippen molar-refractivity contribution >= 4 is 17.1 Å². The van der Waals surface area contributed by atoms with Gasteiger partial charge < -0.3 is 9.30 Å². The molecule has 0 fully saturated rings. The van der Waals surface area contributed by atoms with Crippen molar-refractivity contribution in [2.75, 3.05) is 0 Å². The van der Waals surface area contributed by atoms with Gasteiger partial charge in [-0.15, -0.1) is 0 Å². The number of carbonyl (C=O) groups excluding carboxylic acids is 1. The van der Waals surface area contributed by atoms with Crippen LogP contribution in [0.25, 0.3) is 11.2 Å². The van der Waals surface area contributed by atoms with Gasteiger partial charge in [0.2, 0.25) is 0 Å². The van der Waals surface area contributed by atoms with E-state index in [-0.39, 0.29) is 18.3 Å². The fourth-order valence-electron chi connectivity index (χ4n) is 3.57. The number of hydrogen-bond donors (Lipinski definition) is 1. The highest BCUT2D eigenvalue weighted by Crippen LogP contribution is 2.17. The largest absolute Gasteiger partial charge is 0.427 e. The normalized spacial score (nSPS) is 11.4. The van der Waals surface area contributed by atoms with Gasteiger partial charge in [0.1, 0.15) is 11.6 Å². The topological polar surface area (TPSA) is 99.0 Å². The van der Waals surface area contributed by atoms with Gasteiger partial charge in [-0.1, -0.05) is 39.3 Å². The average molecular weight is 427 g/mol. The monoisotopic (exact) mass is 426 g/mol. The number of aromatic nitrogens is 4. The minimum Gasteiger partial charge on any atom is -0.427 e. The average Bonchev–Trinajstić information content (AvgIpc) is 3.04. The van der Waals surface area contributed by atoms with Gasteiger partial charge in [0, 0.05) is 19.5 Å². The zero-order valence-electron chi connectivity index (χ0n) is 18.6. The number of carbonyl (C=O) groups is 1. The Morgan fingerprint density at radius 2 is 2.00 bits per heavy atom. The number of unbranched alkanes of at least 4 members (excludes halogenated alkanes) is 1. The molecule has 31 heavy (non-hydrogen) atoms. The standard InChI is InChI=1S/C23H30N4O4/c1-5-6-12-26-21-20(22(29)25-23(26)30)27(14-15(2)3)18(24-21)10-11-19(28)31-17-9-7-8-16(4)13-17/h7-9,13,15H,5-6,10-12,14H2,1-4H3,(H,25,29,30). The van der Waals surface area contributed by atoms with Gasteiger partial charge >= 0.3 is 11.7 Å². The third-order valence-electron chi connectivity index (χ3n) is 5.02. The lowest BCUT2D eigenvalue weighted by molar-refractivity contribution is -0.134. The summed E-state index contributed by atoms with van der Waals surface area (Å²) in [5.41, 5.74) is 0.865. The highest BCUT2D eigenvalue weighted by Gasteiger charge is 2.20. The summed E-state index contributed by atoms with van der Waals surface area (Å²) < 4.78 is 8.79. The Hall–Kier alpha value is -3.16. The first kappa shape index (κ1) is 22.5. The van der Waals surface area contributed by atoms with Crippen molar-refractivity contribution < 1.29 is 9.53 Å². The number of aryl methyl sites for hydroxylation is 3. The van der Waals surface area contributed by atoms with Gasteiger partial charge in [0.25, 0.3) is 5.56 Å². The third kappa shape index (κ3) is 5.31. The van der Waals surface area contributed by atoms with Crippen LogP contribution in [0.5, 0.6) is 5.75 Å². The number of nitrogens with zero attached hydrogens (tertiary/aromatic N) is 3. The number of fused-ring (bicyclic) bond motifs is 1. The first-order valence-corrected chi connectivity index (χ1v) is 10.8. The Labute approximate surface area is 180 Å². The number of H-pyrrole nitrogens is 1. The number of imidazole rings is 1. The second-order valence-corrected chi connectivity index (χ2v) is 8.26. The number of rotatable bonds is 9. The molecule has 0 saturated heterocycles. The minimum atomic E-state index is -0.453. The van der Waals surface area contributed by atoms with Crippen LogP contribution in [0, 0.1) is 12.8 Å². The van der Waals surface area contributed by atoms with Gasteiger partial charge in [-0.25, -0.2) is 9.78 Å². The van der Waals surface area contributed by atoms with E-state index in [4.69, 9.17) is 4.74 Å². The SMILES string of the molecule is CCCCn1c(=O)[nH]c(=O)c2c1nc(CCC(=O)Oc1cccc(C)c1)n2CC(C)C. The van der Waals surface area contributed by atoms with E-state index in [0.717, 1.165) is 18.4 Å². The third-order valence-corrected chi connectivity index (χ3v) is 5.02. The molecule has 2 heterocycles. The van der Waals surface area contributed by atoms with Crippen molar-refractivity contribution in [3.63, 3.8) is 0 Å². The van der Waals surface area contributed by atoms with Crippen molar-refractivity contribution in [3.05, 3.63) is 56.5 Å². The van der Waals surface area contributed by atoms with E-state index in [2.05, 4.69) is 9.97 Å². The molecule has 0 amide bonds. The highest BCUT2D eigenvalue weighted by atomic mass is 16.5. The number of benzene rings is 1. The summed E-state index contributed by atoms with van der Waals surface area (Å²) in [6.07, 6.45) is 2.15. The van der Waals surface area contributed by atoms with E-state index in [0.29, 0.717) is 42.2 Å². The molecule has 3 rings (SSSR count). The molecule has 0 radical (unpaired) electrons. The smallest absolute Gasteiger partial charge is 0.330 e. The minimum absolute atomic E-state index is 0.118. The molecule has 1 N–H and O–H groups in total. The van der Waals surface area contributed by atoms with Crippen LogP contribution in [0.2, 0.25) is 0 Å². The lowest BCUT2D eigenvalue weighted by Crippen LogP contribution is -2.31. The summed E-state index contributed by atoms with van der Waals surface area (Å²) >= 11 is 0. The van der Waals surface area contributed by atoms with Gasteiger partial charge in [-0.2, -0.15) is 0 Å². The maximum Gasteiger partial charge on any atom is 0.330 e. The molecule has 0 aliphatic rings. The van der Waals surface area contributed by atoms with Crippen molar-refractivity contribution in [1.82, 2.24) is 19.1 Å². The zero-order valence-corrected chi connectivity index (χ0v) is 18.6. The van der Waals surface area contributed by atoms with Crippen molar-refractivity contribution in [1.29, 1.82) is 0 Å². The van der Waals surface area contributed by atoms with Crippen molar-refractivity contribution in [3.8, 4) is 5.75 Å². The molecule has 8 nitrogen and oxygen atoms in total. The zero-order chi connectivity index (χ0) is 22.5. The second-order valence-electron chi connectivity index (χ2n) is 8.26. The van der Waals surface area contributed by atoms with E-state index >= 15 is 0 Å². The van der Waals surface area contributed by atoms with Crippen LogP contribution in [0.15, 0.2) is 33.9 Å². The number of esters is 1. The lowest BCUT2D eigenvalue weighted by Gasteiger charge is -2.11. The quantitative estimate of drug-likeness (QED) is 0.418. The van der Waals surface area contributed by atoms with E-state index in [1.807, 2.05) is 44.4 Å². The summed E-state index contributed by atoms with van der Waals surface area (Å²) in [5.74, 6) is 0.994. The van der Waals surface area contributed by atoms with Crippen LogP contribution in [-0.2, 0) is 24.3 Å². The van der Waals surface area contributed by atoms with E-state index in [9.17, 15) is 14.4 Å². The maximum absolute atomic E-state index is 12.6. The Kier molecular flexibility index (Phi) is 7.09. The summed E-state index contributed by atoms with van der Waals surface area (Å²) in [5, 5.41) is 0. The number of ether oxygens (including phenoxy) is 1. The Balaban J connectivity index is 1.93. The van der Waals surface area contributed by atoms with Crippen LogP contribution >= 0.6 is 0 Å². The van der Waals surface area contributed by atoms with E-state index in [1.165, 1.54) is 4.57 Å². The number of nitrogens with one attached hydrogen (secondary N) is 1. The Morgan fingerprint density at radius 1 is 1.23 bits per heavy atom. The molecule has 0 aliphatic heterocycles. The molecule has 0 aliphatic carbocycles. The van der Waals surface area contributed by atoms with Gasteiger partial charge in [-0.3, -0.25) is 19.1 Å². The first-order chi connectivity index (χ1) is 14.8. The molecule has 0 saturated carbocycles. The summed E-state index contributed by atoms with van der Waals surface area (Å²) in [7, 11) is 0. The predicted molar refractivity (Wildman–Crippen MR) is 119 cm³/mol. The van der Waals surface area contributed by atoms with Crippen molar-refractivity contribution in [2.24, 2.45) is 5.92 Å².